The van der Waals surface area contributed by atoms with Crippen molar-refractivity contribution in [3.05, 3.63) is 0 Å². The van der Waals surface area contributed by atoms with Crippen molar-refractivity contribution in [2.75, 3.05) is 20.6 Å². The van der Waals surface area contributed by atoms with Gasteiger partial charge in [-0.15, -0.1) is 0 Å². The fraction of sp³-hybridized carbons (Fsp3) is 1.00. The van der Waals surface area contributed by atoms with Gasteiger partial charge in [-0.2, -0.15) is 0 Å². The second-order valence-electron chi connectivity index (χ2n) is 6.65. The van der Waals surface area contributed by atoms with E-state index in [9.17, 15) is 0 Å². The van der Waals surface area contributed by atoms with Gasteiger partial charge in [0.1, 0.15) is 0 Å². The van der Waals surface area contributed by atoms with Gasteiger partial charge in [0.25, 0.3) is 0 Å². The Balaban J connectivity index is 1.84. The molecule has 0 saturated heterocycles. The minimum Gasteiger partial charge on any atom is -0.317 e. The van der Waals surface area contributed by atoms with Crippen LogP contribution < -0.4 is 5.32 Å². The van der Waals surface area contributed by atoms with Gasteiger partial charge in [-0.05, 0) is 58.0 Å². The summed E-state index contributed by atoms with van der Waals surface area (Å²) in [5.41, 5.74) is 0. The van der Waals surface area contributed by atoms with Crippen LogP contribution in [-0.2, 0) is 0 Å². The number of rotatable bonds is 6. The van der Waals surface area contributed by atoms with E-state index in [2.05, 4.69) is 31.2 Å². The summed E-state index contributed by atoms with van der Waals surface area (Å²) in [5, 5.41) is 3.57. The Morgan fingerprint density at radius 2 is 1.94 bits per heavy atom. The van der Waals surface area contributed by atoms with Crippen LogP contribution in [0.15, 0.2) is 0 Å². The molecule has 0 bridgehead atoms. The zero-order valence-electron chi connectivity index (χ0n) is 12.6. The van der Waals surface area contributed by atoms with E-state index < -0.39 is 0 Å². The van der Waals surface area contributed by atoms with E-state index in [0.717, 1.165) is 23.9 Å². The van der Waals surface area contributed by atoms with Gasteiger partial charge in [0.15, 0.2) is 0 Å². The highest BCUT2D eigenvalue weighted by molar-refractivity contribution is 4.88. The van der Waals surface area contributed by atoms with E-state index in [1.807, 2.05) is 0 Å². The fourth-order valence-corrected chi connectivity index (χ4v) is 3.96. The lowest BCUT2D eigenvalue weighted by Gasteiger charge is -2.42. The molecule has 0 aliphatic heterocycles. The second-order valence-corrected chi connectivity index (χ2v) is 6.65. The summed E-state index contributed by atoms with van der Waals surface area (Å²) >= 11 is 0. The van der Waals surface area contributed by atoms with Gasteiger partial charge in [-0.1, -0.05) is 26.2 Å². The second kappa shape index (κ2) is 6.91. The quantitative estimate of drug-likeness (QED) is 0.780. The molecule has 3 unspecified atom stereocenters. The maximum atomic E-state index is 3.57. The van der Waals surface area contributed by atoms with Crippen LogP contribution in [0.25, 0.3) is 0 Å². The molecule has 3 atom stereocenters. The van der Waals surface area contributed by atoms with Crippen LogP contribution in [0.4, 0.5) is 0 Å². The highest BCUT2D eigenvalue weighted by Gasteiger charge is 2.32. The summed E-state index contributed by atoms with van der Waals surface area (Å²) in [4.78, 5) is 2.65. The lowest BCUT2D eigenvalue weighted by Crippen LogP contribution is -2.47. The van der Waals surface area contributed by atoms with Crippen molar-refractivity contribution in [2.24, 2.45) is 11.8 Å². The first-order chi connectivity index (χ1) is 8.74. The third kappa shape index (κ3) is 3.48. The molecule has 2 saturated carbocycles. The summed E-state index contributed by atoms with van der Waals surface area (Å²) < 4.78 is 0. The predicted molar refractivity (Wildman–Crippen MR) is 78.9 cm³/mol. The SMILES string of the molecule is CCCC1CCC(NC)C(CN(C)C2CCC2)C1. The highest BCUT2D eigenvalue weighted by atomic mass is 15.1. The molecule has 0 spiro atoms. The molecular weight excluding hydrogens is 220 g/mol. The Kier molecular flexibility index (Phi) is 5.50. The van der Waals surface area contributed by atoms with Crippen LogP contribution in [0, 0.1) is 11.8 Å². The maximum Gasteiger partial charge on any atom is 0.0105 e. The van der Waals surface area contributed by atoms with Crippen molar-refractivity contribution >= 4 is 0 Å². The standard InChI is InChI=1S/C16H32N2/c1-4-6-13-9-10-16(17-2)14(11-13)12-18(3)15-7-5-8-15/h13-17H,4-12H2,1-3H3. The molecule has 2 nitrogen and oxygen atoms in total. The number of hydrogen-bond acceptors (Lipinski definition) is 2. The fourth-order valence-electron chi connectivity index (χ4n) is 3.96. The van der Waals surface area contributed by atoms with E-state index in [1.165, 1.54) is 57.9 Å². The zero-order chi connectivity index (χ0) is 13.0. The van der Waals surface area contributed by atoms with Crippen molar-refractivity contribution in [3.8, 4) is 0 Å². The molecule has 0 radical (unpaired) electrons. The summed E-state index contributed by atoms with van der Waals surface area (Å²) in [5.74, 6) is 1.88. The normalized spacial score (nSPS) is 33.7. The van der Waals surface area contributed by atoms with Crippen LogP contribution >= 0.6 is 0 Å². The molecule has 2 aliphatic rings. The van der Waals surface area contributed by atoms with E-state index in [4.69, 9.17) is 0 Å². The van der Waals surface area contributed by atoms with Crippen molar-refractivity contribution < 1.29 is 0 Å². The highest BCUT2D eigenvalue weighted by Crippen LogP contribution is 2.34. The molecule has 2 fully saturated rings. The molecule has 2 rings (SSSR count). The smallest absolute Gasteiger partial charge is 0.0105 e. The van der Waals surface area contributed by atoms with Gasteiger partial charge >= 0.3 is 0 Å². The summed E-state index contributed by atoms with van der Waals surface area (Å²) in [6.45, 7) is 3.65. The average molecular weight is 252 g/mol. The Bertz CT molecular complexity index is 237. The molecule has 2 aliphatic carbocycles. The molecule has 0 aromatic heterocycles. The first-order valence-corrected chi connectivity index (χ1v) is 8.12. The van der Waals surface area contributed by atoms with E-state index in [0.29, 0.717) is 0 Å². The predicted octanol–water partition coefficient (Wildman–Crippen LogP) is 3.28. The van der Waals surface area contributed by atoms with Crippen LogP contribution in [0.1, 0.15) is 58.3 Å². The molecule has 106 valence electrons. The zero-order valence-corrected chi connectivity index (χ0v) is 12.6. The van der Waals surface area contributed by atoms with Crippen molar-refractivity contribution in [3.63, 3.8) is 0 Å². The summed E-state index contributed by atoms with van der Waals surface area (Å²) in [6.07, 6.45) is 11.4. The van der Waals surface area contributed by atoms with Gasteiger partial charge < -0.3 is 10.2 Å². The topological polar surface area (TPSA) is 15.3 Å². The van der Waals surface area contributed by atoms with Crippen LogP contribution in [0.2, 0.25) is 0 Å². The third-order valence-electron chi connectivity index (χ3n) is 5.38. The number of nitrogens with zero attached hydrogens (tertiary/aromatic N) is 1. The van der Waals surface area contributed by atoms with Crippen molar-refractivity contribution in [1.82, 2.24) is 10.2 Å². The van der Waals surface area contributed by atoms with E-state index >= 15 is 0 Å². The Morgan fingerprint density at radius 3 is 2.50 bits per heavy atom. The monoisotopic (exact) mass is 252 g/mol. The van der Waals surface area contributed by atoms with Crippen LogP contribution in [0.5, 0.6) is 0 Å². The summed E-state index contributed by atoms with van der Waals surface area (Å²) in [7, 11) is 4.50. The number of hydrogen-bond donors (Lipinski definition) is 1. The van der Waals surface area contributed by atoms with E-state index in [-0.39, 0.29) is 0 Å². The number of nitrogens with one attached hydrogen (secondary N) is 1. The molecule has 0 heterocycles. The average Bonchev–Trinajstić information content (AvgIpc) is 2.27. The van der Waals surface area contributed by atoms with Crippen LogP contribution in [-0.4, -0.2) is 37.6 Å². The van der Waals surface area contributed by atoms with Crippen LogP contribution in [0.3, 0.4) is 0 Å². The summed E-state index contributed by atoms with van der Waals surface area (Å²) in [6, 6.07) is 1.66. The molecule has 0 aromatic carbocycles. The van der Waals surface area contributed by atoms with Gasteiger partial charge in [-0.3, -0.25) is 0 Å². The maximum absolute atomic E-state index is 3.57. The van der Waals surface area contributed by atoms with Gasteiger partial charge in [0.2, 0.25) is 0 Å². The Hall–Kier alpha value is -0.0800. The van der Waals surface area contributed by atoms with Crippen molar-refractivity contribution in [2.45, 2.75) is 70.4 Å². The first-order valence-electron chi connectivity index (χ1n) is 8.12. The lowest BCUT2D eigenvalue weighted by atomic mass is 9.75. The van der Waals surface area contributed by atoms with E-state index in [1.54, 1.807) is 0 Å². The largest absolute Gasteiger partial charge is 0.317 e. The van der Waals surface area contributed by atoms with Gasteiger partial charge in [-0.25, -0.2) is 0 Å². The molecular formula is C16H32N2. The molecule has 0 amide bonds. The molecule has 18 heavy (non-hydrogen) atoms. The minimum absolute atomic E-state index is 0.764. The molecule has 1 N–H and O–H groups in total. The molecule has 2 heteroatoms. The minimum atomic E-state index is 0.764. The molecule has 0 aromatic rings. The third-order valence-corrected chi connectivity index (χ3v) is 5.38. The Morgan fingerprint density at radius 1 is 1.17 bits per heavy atom. The van der Waals surface area contributed by atoms with Gasteiger partial charge in [0.05, 0.1) is 0 Å². The Labute approximate surface area is 114 Å². The van der Waals surface area contributed by atoms with Crippen molar-refractivity contribution in [1.29, 1.82) is 0 Å². The van der Waals surface area contributed by atoms with Gasteiger partial charge in [0, 0.05) is 18.6 Å². The lowest BCUT2D eigenvalue weighted by molar-refractivity contribution is 0.0973. The first kappa shape index (κ1) is 14.3.